The maximum atomic E-state index is 12.4. The average Bonchev–Trinajstić information content (AvgIpc) is 3.02. The molecule has 1 aromatic carbocycles. The largest absolute Gasteiger partial charge is 0.492 e. The molecule has 0 bridgehead atoms. The fraction of sp³-hybridized carbons (Fsp3) is 0.176. The molecule has 130 valence electrons. The van der Waals surface area contributed by atoms with Crippen LogP contribution in [0.3, 0.4) is 0 Å². The van der Waals surface area contributed by atoms with Crippen molar-refractivity contribution in [3.63, 3.8) is 0 Å². The van der Waals surface area contributed by atoms with Crippen LogP contribution in [0, 0.1) is 6.92 Å². The number of carbonyl (C=O) groups is 2. The molecular weight excluding hydrogens is 474 g/mol. The highest BCUT2D eigenvalue weighted by Crippen LogP contribution is 2.34. The number of thioether (sulfide) groups is 1. The van der Waals surface area contributed by atoms with E-state index < -0.39 is 0 Å². The molecule has 5 nitrogen and oxygen atoms in total. The SMILES string of the molecule is Cc1ccc(OCCN2C(=O)S/C(=C\c3cc(Br)c(Br)o3)C2=O)cc1. The molecule has 1 saturated heterocycles. The molecule has 1 fully saturated rings. The Hall–Kier alpha value is -1.51. The van der Waals surface area contributed by atoms with Crippen molar-refractivity contribution in [1.82, 2.24) is 4.90 Å². The van der Waals surface area contributed by atoms with Crippen LogP contribution in [0.4, 0.5) is 4.79 Å². The summed E-state index contributed by atoms with van der Waals surface area (Å²) in [5, 5.41) is -0.312. The predicted molar refractivity (Wildman–Crippen MR) is 103 cm³/mol. The van der Waals surface area contributed by atoms with Crippen LogP contribution >= 0.6 is 43.6 Å². The van der Waals surface area contributed by atoms with Crippen molar-refractivity contribution in [2.24, 2.45) is 0 Å². The third-order valence-corrected chi connectivity index (χ3v) is 6.03. The standard InChI is InChI=1S/C17H13Br2NO4S/c1-10-2-4-11(5-3-10)23-7-6-20-16(21)14(25-17(20)22)9-12-8-13(18)15(19)24-12/h2-5,8-9H,6-7H2,1H3/b14-9-. The number of benzene rings is 1. The van der Waals surface area contributed by atoms with E-state index in [2.05, 4.69) is 31.9 Å². The first kappa shape index (κ1) is 18.3. The molecule has 0 radical (unpaired) electrons. The van der Waals surface area contributed by atoms with Gasteiger partial charge in [0.05, 0.1) is 15.9 Å². The maximum absolute atomic E-state index is 12.4. The molecule has 1 aromatic heterocycles. The van der Waals surface area contributed by atoms with Crippen LogP contribution in [-0.2, 0) is 4.79 Å². The van der Waals surface area contributed by atoms with Crippen LogP contribution in [0.15, 0.2) is 48.8 Å². The first-order valence-electron chi connectivity index (χ1n) is 7.34. The number of hydrogen-bond donors (Lipinski definition) is 0. The molecule has 0 spiro atoms. The fourth-order valence-electron chi connectivity index (χ4n) is 2.15. The molecule has 0 N–H and O–H groups in total. The Balaban J connectivity index is 1.62. The van der Waals surface area contributed by atoms with Gasteiger partial charge in [-0.15, -0.1) is 0 Å². The monoisotopic (exact) mass is 485 g/mol. The van der Waals surface area contributed by atoms with E-state index in [1.54, 1.807) is 12.1 Å². The Labute approximate surface area is 165 Å². The second-order valence-electron chi connectivity index (χ2n) is 5.27. The normalized spacial score (nSPS) is 16.1. The Kier molecular flexibility index (Phi) is 5.71. The Morgan fingerprint density at radius 2 is 1.96 bits per heavy atom. The number of amides is 2. The zero-order chi connectivity index (χ0) is 18.0. The van der Waals surface area contributed by atoms with Crippen molar-refractivity contribution >= 4 is 60.8 Å². The van der Waals surface area contributed by atoms with E-state index in [9.17, 15) is 9.59 Å². The smallest absolute Gasteiger partial charge is 0.293 e. The third kappa shape index (κ3) is 4.37. The molecule has 25 heavy (non-hydrogen) atoms. The van der Waals surface area contributed by atoms with Gasteiger partial charge in [-0.05, 0) is 68.7 Å². The lowest BCUT2D eigenvalue weighted by molar-refractivity contribution is -0.123. The highest BCUT2D eigenvalue weighted by atomic mass is 79.9. The van der Waals surface area contributed by atoms with Gasteiger partial charge in [-0.25, -0.2) is 0 Å². The summed E-state index contributed by atoms with van der Waals surface area (Å²) >= 11 is 7.44. The molecule has 1 aliphatic rings. The molecule has 2 amide bonds. The van der Waals surface area contributed by atoms with Crippen molar-refractivity contribution in [2.75, 3.05) is 13.2 Å². The van der Waals surface area contributed by atoms with E-state index in [4.69, 9.17) is 9.15 Å². The van der Waals surface area contributed by atoms with Crippen LogP contribution in [0.5, 0.6) is 5.75 Å². The number of ether oxygens (including phenoxy) is 1. The molecule has 0 saturated carbocycles. The highest BCUT2D eigenvalue weighted by Gasteiger charge is 2.35. The van der Waals surface area contributed by atoms with Gasteiger partial charge in [0.2, 0.25) is 0 Å². The third-order valence-electron chi connectivity index (χ3n) is 3.42. The highest BCUT2D eigenvalue weighted by molar-refractivity contribution is 9.13. The first-order valence-corrected chi connectivity index (χ1v) is 9.74. The second-order valence-corrected chi connectivity index (χ2v) is 7.83. The predicted octanol–water partition coefficient (Wildman–Crippen LogP) is 5.23. The number of aryl methyl sites for hydroxylation is 1. The number of halogens is 2. The lowest BCUT2D eigenvalue weighted by atomic mass is 10.2. The first-order chi connectivity index (χ1) is 11.9. The topological polar surface area (TPSA) is 59.8 Å². The minimum atomic E-state index is -0.342. The van der Waals surface area contributed by atoms with Gasteiger partial charge >= 0.3 is 0 Å². The van der Waals surface area contributed by atoms with E-state index in [1.807, 2.05) is 31.2 Å². The lowest BCUT2D eigenvalue weighted by Gasteiger charge is -2.13. The van der Waals surface area contributed by atoms with Crippen LogP contribution in [0.25, 0.3) is 6.08 Å². The molecule has 0 atom stereocenters. The van der Waals surface area contributed by atoms with Gasteiger partial charge in [-0.3, -0.25) is 14.5 Å². The molecule has 2 aromatic rings. The summed E-state index contributed by atoms with van der Waals surface area (Å²) in [6, 6.07) is 9.32. The van der Waals surface area contributed by atoms with Crippen molar-refractivity contribution in [3.8, 4) is 5.75 Å². The molecule has 1 aliphatic heterocycles. The number of imide groups is 1. The Morgan fingerprint density at radius 3 is 2.60 bits per heavy atom. The number of carbonyl (C=O) groups excluding carboxylic acids is 2. The summed E-state index contributed by atoms with van der Waals surface area (Å²) in [5.74, 6) is 0.852. The van der Waals surface area contributed by atoms with Gasteiger partial charge in [0.25, 0.3) is 11.1 Å². The summed E-state index contributed by atoms with van der Waals surface area (Å²) < 4.78 is 12.3. The molecule has 8 heteroatoms. The molecule has 3 rings (SSSR count). The van der Waals surface area contributed by atoms with Crippen LogP contribution < -0.4 is 4.74 Å². The van der Waals surface area contributed by atoms with Gasteiger partial charge in [0.15, 0.2) is 4.67 Å². The van der Waals surface area contributed by atoms with Crippen molar-refractivity contribution in [1.29, 1.82) is 0 Å². The van der Waals surface area contributed by atoms with Gasteiger partial charge in [0, 0.05) is 6.08 Å². The van der Waals surface area contributed by atoms with Gasteiger partial charge in [0.1, 0.15) is 18.1 Å². The zero-order valence-electron chi connectivity index (χ0n) is 13.1. The number of rotatable bonds is 5. The van der Waals surface area contributed by atoms with Crippen LogP contribution in [-0.4, -0.2) is 29.2 Å². The fourth-order valence-corrected chi connectivity index (χ4v) is 3.60. The van der Waals surface area contributed by atoms with Gasteiger partial charge in [-0.2, -0.15) is 0 Å². The molecule has 0 unspecified atom stereocenters. The Bertz CT molecular complexity index is 825. The van der Waals surface area contributed by atoms with E-state index >= 15 is 0 Å². The van der Waals surface area contributed by atoms with Crippen molar-refractivity contribution in [2.45, 2.75) is 6.92 Å². The maximum Gasteiger partial charge on any atom is 0.293 e. The van der Waals surface area contributed by atoms with E-state index in [1.165, 1.54) is 4.90 Å². The average molecular weight is 487 g/mol. The summed E-state index contributed by atoms with van der Waals surface area (Å²) in [6.07, 6.45) is 1.56. The number of furan rings is 1. The van der Waals surface area contributed by atoms with Gasteiger partial charge in [-0.1, -0.05) is 17.7 Å². The molecule has 2 heterocycles. The van der Waals surface area contributed by atoms with E-state index in [0.717, 1.165) is 21.8 Å². The summed E-state index contributed by atoms with van der Waals surface area (Å²) in [7, 11) is 0. The van der Waals surface area contributed by atoms with Crippen LogP contribution in [0.2, 0.25) is 0 Å². The Morgan fingerprint density at radius 1 is 1.24 bits per heavy atom. The summed E-state index contributed by atoms with van der Waals surface area (Å²) in [6.45, 7) is 2.43. The quantitative estimate of drug-likeness (QED) is 0.541. The number of nitrogens with zero attached hydrogens (tertiary/aromatic N) is 1. The van der Waals surface area contributed by atoms with Crippen molar-refractivity contribution < 1.29 is 18.7 Å². The van der Waals surface area contributed by atoms with E-state index in [-0.39, 0.29) is 24.3 Å². The molecular formula is C17H13Br2NO4S. The van der Waals surface area contributed by atoms with Crippen LogP contribution in [0.1, 0.15) is 11.3 Å². The number of hydrogen-bond acceptors (Lipinski definition) is 5. The lowest BCUT2D eigenvalue weighted by Crippen LogP contribution is -2.32. The summed E-state index contributed by atoms with van der Waals surface area (Å²) in [4.78, 5) is 26.0. The van der Waals surface area contributed by atoms with E-state index in [0.29, 0.717) is 21.1 Å². The minimum absolute atomic E-state index is 0.196. The minimum Gasteiger partial charge on any atom is -0.492 e. The molecule has 0 aliphatic carbocycles. The van der Waals surface area contributed by atoms with Crippen molar-refractivity contribution in [3.05, 3.63) is 55.7 Å². The zero-order valence-corrected chi connectivity index (χ0v) is 17.1. The van der Waals surface area contributed by atoms with Gasteiger partial charge < -0.3 is 9.15 Å². The summed E-state index contributed by atoms with van der Waals surface area (Å²) in [5.41, 5.74) is 1.14. The second kappa shape index (κ2) is 7.80.